The van der Waals surface area contributed by atoms with Crippen molar-refractivity contribution < 1.29 is 9.38 Å². The van der Waals surface area contributed by atoms with Gasteiger partial charge in [-0.3, -0.25) is 0 Å². The predicted octanol–water partition coefficient (Wildman–Crippen LogP) is 3.03. The van der Waals surface area contributed by atoms with Crippen LogP contribution in [-0.4, -0.2) is 47.3 Å². The van der Waals surface area contributed by atoms with Crippen molar-refractivity contribution in [2.24, 2.45) is 0 Å². The number of fused-ring (bicyclic) bond motifs is 1. The van der Waals surface area contributed by atoms with Gasteiger partial charge in [0.05, 0.1) is 31.6 Å². The van der Waals surface area contributed by atoms with E-state index in [2.05, 4.69) is 21.9 Å². The molecule has 0 amide bonds. The molecule has 2 aliphatic rings. The van der Waals surface area contributed by atoms with E-state index in [1.165, 1.54) is 24.1 Å². The van der Waals surface area contributed by atoms with Gasteiger partial charge in [-0.15, -0.1) is 0 Å². The van der Waals surface area contributed by atoms with E-state index in [9.17, 15) is 5.21 Å². The Morgan fingerprint density at radius 3 is 2.79 bits per heavy atom. The lowest BCUT2D eigenvalue weighted by atomic mass is 9.84. The third-order valence-electron chi connectivity index (χ3n) is 5.48. The fourth-order valence-corrected chi connectivity index (χ4v) is 4.03. The molecule has 1 fully saturated rings. The van der Waals surface area contributed by atoms with Gasteiger partial charge < -0.3 is 14.6 Å². The summed E-state index contributed by atoms with van der Waals surface area (Å²) in [5.74, 6) is 0.470. The van der Waals surface area contributed by atoms with Gasteiger partial charge in [0.2, 0.25) is 0 Å². The number of quaternary nitrogens is 1. The van der Waals surface area contributed by atoms with Crippen LogP contribution in [0.3, 0.4) is 0 Å². The molecule has 5 nitrogen and oxygen atoms in total. The van der Waals surface area contributed by atoms with Gasteiger partial charge in [0.1, 0.15) is 13.1 Å². The summed E-state index contributed by atoms with van der Waals surface area (Å²) in [5, 5.41) is 17.4. The van der Waals surface area contributed by atoms with Crippen LogP contribution in [0, 0.1) is 5.21 Å². The molecule has 0 saturated carbocycles. The topological polar surface area (TPSA) is 50.1 Å². The van der Waals surface area contributed by atoms with E-state index in [1.54, 1.807) is 0 Å². The molecule has 0 radical (unpaired) electrons. The molecular formula is C19H25N3O2. The van der Waals surface area contributed by atoms with E-state index in [-0.39, 0.29) is 4.65 Å². The number of ether oxygens (including phenoxy) is 1. The predicted molar refractivity (Wildman–Crippen MR) is 92.9 cm³/mol. The Hall–Kier alpha value is -1.69. The van der Waals surface area contributed by atoms with E-state index >= 15 is 0 Å². The van der Waals surface area contributed by atoms with Crippen molar-refractivity contribution in [2.45, 2.75) is 31.6 Å². The van der Waals surface area contributed by atoms with Crippen molar-refractivity contribution in [3.63, 3.8) is 0 Å². The Morgan fingerprint density at radius 2 is 2.00 bits per heavy atom. The minimum Gasteiger partial charge on any atom is -0.633 e. The van der Waals surface area contributed by atoms with Crippen LogP contribution < -0.4 is 0 Å². The molecule has 0 spiro atoms. The van der Waals surface area contributed by atoms with Gasteiger partial charge in [0.25, 0.3) is 0 Å². The average molecular weight is 327 g/mol. The highest BCUT2D eigenvalue weighted by Gasteiger charge is 2.28. The first-order valence-corrected chi connectivity index (χ1v) is 9.02. The lowest BCUT2D eigenvalue weighted by Gasteiger charge is -2.46. The molecule has 1 aromatic heterocycles. The molecule has 2 aromatic rings. The summed E-state index contributed by atoms with van der Waals surface area (Å²) in [6, 6.07) is 10.3. The van der Waals surface area contributed by atoms with E-state index in [1.807, 2.05) is 24.4 Å². The van der Waals surface area contributed by atoms with Crippen molar-refractivity contribution in [3.05, 3.63) is 53.0 Å². The number of rotatable bonds is 4. The number of nitrogens with zero attached hydrogens (tertiary/aromatic N) is 3. The Kier molecular flexibility index (Phi) is 4.39. The maximum Gasteiger partial charge on any atom is 0.102 e. The van der Waals surface area contributed by atoms with Crippen LogP contribution >= 0.6 is 0 Å². The number of morpholine rings is 1. The van der Waals surface area contributed by atoms with Crippen LogP contribution in [0.2, 0.25) is 0 Å². The second-order valence-electron chi connectivity index (χ2n) is 7.01. The van der Waals surface area contributed by atoms with E-state index < -0.39 is 0 Å². The number of hydrogen-bond acceptors (Lipinski definition) is 3. The van der Waals surface area contributed by atoms with Crippen LogP contribution in [0.15, 0.2) is 36.5 Å². The van der Waals surface area contributed by atoms with Crippen molar-refractivity contribution in [1.29, 1.82) is 0 Å². The molecule has 1 saturated heterocycles. The van der Waals surface area contributed by atoms with Gasteiger partial charge in [-0.05, 0) is 42.9 Å². The molecule has 0 N–H and O–H groups in total. The maximum atomic E-state index is 12.7. The monoisotopic (exact) mass is 327 g/mol. The molecule has 0 bridgehead atoms. The first kappa shape index (κ1) is 15.8. The van der Waals surface area contributed by atoms with Gasteiger partial charge in [-0.1, -0.05) is 18.2 Å². The van der Waals surface area contributed by atoms with Crippen molar-refractivity contribution in [1.82, 2.24) is 9.78 Å². The molecule has 1 aliphatic heterocycles. The zero-order chi connectivity index (χ0) is 16.4. The Bertz CT molecular complexity index is 677. The molecule has 0 unspecified atom stereocenters. The van der Waals surface area contributed by atoms with Gasteiger partial charge in [-0.25, -0.2) is 4.68 Å². The van der Waals surface area contributed by atoms with E-state index in [0.717, 1.165) is 18.5 Å². The van der Waals surface area contributed by atoms with Gasteiger partial charge in [0.15, 0.2) is 0 Å². The summed E-state index contributed by atoms with van der Waals surface area (Å²) in [4.78, 5) is 0. The fraction of sp³-hybridized carbons (Fsp3) is 0.526. The lowest BCUT2D eigenvalue weighted by Crippen LogP contribution is -2.51. The van der Waals surface area contributed by atoms with Crippen LogP contribution in [0.4, 0.5) is 0 Å². The van der Waals surface area contributed by atoms with Gasteiger partial charge in [-0.2, -0.15) is 5.10 Å². The Balaban J connectivity index is 1.51. The Labute approximate surface area is 143 Å². The Morgan fingerprint density at radius 1 is 1.21 bits per heavy atom. The van der Waals surface area contributed by atoms with Crippen LogP contribution in [0.25, 0.3) is 5.69 Å². The van der Waals surface area contributed by atoms with Crippen molar-refractivity contribution in [2.75, 3.05) is 32.8 Å². The highest BCUT2D eigenvalue weighted by Crippen LogP contribution is 2.35. The third kappa shape index (κ3) is 3.11. The summed E-state index contributed by atoms with van der Waals surface area (Å²) in [6.45, 7) is 3.10. The number of benzene rings is 1. The number of para-hydroxylation sites is 1. The smallest absolute Gasteiger partial charge is 0.102 e. The molecule has 1 atom stereocenters. The average Bonchev–Trinajstić information content (AvgIpc) is 3.06. The van der Waals surface area contributed by atoms with Crippen LogP contribution in [-0.2, 0) is 11.2 Å². The molecule has 5 heteroatoms. The SMILES string of the molecule is [O-][N+]1(CC[C@H]2CCCc3c2cnn3-c2ccccc2)CCOCC1. The highest BCUT2D eigenvalue weighted by atomic mass is 16.6. The van der Waals surface area contributed by atoms with E-state index in [0.29, 0.717) is 38.8 Å². The van der Waals surface area contributed by atoms with Crippen molar-refractivity contribution >= 4 is 0 Å². The number of hydrogen-bond donors (Lipinski definition) is 0. The summed E-state index contributed by atoms with van der Waals surface area (Å²) in [7, 11) is 0. The minimum absolute atomic E-state index is 0.0847. The largest absolute Gasteiger partial charge is 0.633 e. The molecular weight excluding hydrogens is 302 g/mol. The molecule has 1 aliphatic carbocycles. The molecule has 4 rings (SSSR count). The summed E-state index contributed by atoms with van der Waals surface area (Å²) in [6.07, 6.45) is 6.41. The lowest BCUT2D eigenvalue weighted by molar-refractivity contribution is -0.889. The normalized spacial score (nSPS) is 23.0. The molecule has 128 valence electrons. The number of hydroxylamine groups is 3. The third-order valence-corrected chi connectivity index (χ3v) is 5.48. The number of aromatic nitrogens is 2. The maximum absolute atomic E-state index is 12.7. The first-order chi connectivity index (χ1) is 11.8. The van der Waals surface area contributed by atoms with Crippen molar-refractivity contribution in [3.8, 4) is 5.69 Å². The van der Waals surface area contributed by atoms with Gasteiger partial charge in [0, 0.05) is 12.1 Å². The van der Waals surface area contributed by atoms with E-state index in [4.69, 9.17) is 4.74 Å². The second-order valence-corrected chi connectivity index (χ2v) is 7.01. The second kappa shape index (κ2) is 6.67. The quantitative estimate of drug-likeness (QED) is 0.641. The van der Waals surface area contributed by atoms with Gasteiger partial charge >= 0.3 is 0 Å². The minimum atomic E-state index is -0.0847. The molecule has 1 aromatic carbocycles. The summed E-state index contributed by atoms with van der Waals surface area (Å²) in [5.41, 5.74) is 3.81. The molecule has 2 heterocycles. The fourth-order valence-electron chi connectivity index (χ4n) is 4.03. The first-order valence-electron chi connectivity index (χ1n) is 9.02. The van der Waals surface area contributed by atoms with Crippen LogP contribution in [0.1, 0.15) is 36.4 Å². The standard InChI is InChI=1S/C19H25N3O2/c23-22(11-13-24-14-12-22)10-9-16-5-4-8-19-18(16)15-20-21(19)17-6-2-1-3-7-17/h1-3,6-7,15-16H,4-5,8-14H2/t16-/m1/s1. The zero-order valence-corrected chi connectivity index (χ0v) is 14.1. The molecule has 24 heavy (non-hydrogen) atoms. The highest BCUT2D eigenvalue weighted by molar-refractivity contribution is 5.37. The van der Waals surface area contributed by atoms with Crippen LogP contribution in [0.5, 0.6) is 0 Å². The zero-order valence-electron chi connectivity index (χ0n) is 14.1. The summed E-state index contributed by atoms with van der Waals surface area (Å²) >= 11 is 0. The summed E-state index contributed by atoms with van der Waals surface area (Å²) < 4.78 is 7.33.